The summed E-state index contributed by atoms with van der Waals surface area (Å²) < 4.78 is 1.81. The highest BCUT2D eigenvalue weighted by Crippen LogP contribution is 2.46. The minimum atomic E-state index is -1.60. The van der Waals surface area contributed by atoms with Gasteiger partial charge in [-0.25, -0.2) is 4.79 Å². The topological polar surface area (TPSA) is 43.8 Å². The Bertz CT molecular complexity index is 1090. The van der Waals surface area contributed by atoms with E-state index in [1.54, 1.807) is 23.1 Å². The van der Waals surface area contributed by atoms with Gasteiger partial charge >= 0.3 is 6.03 Å². The Balaban J connectivity index is 1.95. The molecule has 2 atom stereocenters. The molecule has 160 valence electrons. The van der Waals surface area contributed by atoms with Crippen LogP contribution in [0.5, 0.6) is 0 Å². The number of hydrogen-bond acceptors (Lipinski definition) is 2. The molecule has 1 unspecified atom stereocenters. The van der Waals surface area contributed by atoms with Gasteiger partial charge in [0, 0.05) is 30.9 Å². The van der Waals surface area contributed by atoms with Crippen LogP contribution in [-0.4, -0.2) is 17.2 Å². The maximum absolute atomic E-state index is 13.9. The van der Waals surface area contributed by atoms with Gasteiger partial charge in [0.1, 0.15) is 0 Å². The van der Waals surface area contributed by atoms with Gasteiger partial charge in [-0.3, -0.25) is 9.80 Å². The molecule has 7 heteroatoms. The number of benzene rings is 3. The number of rotatable bonds is 5. The monoisotopic (exact) mass is 562 g/mol. The highest BCUT2D eigenvalue weighted by atomic mass is 79.9. The Hall–Kier alpha value is -1.86. The van der Waals surface area contributed by atoms with E-state index in [0.29, 0.717) is 22.7 Å². The maximum Gasteiger partial charge on any atom is 0.332 e. The number of urea groups is 1. The van der Waals surface area contributed by atoms with Crippen molar-refractivity contribution in [1.29, 1.82) is 0 Å². The molecule has 0 spiro atoms. The Morgan fingerprint density at radius 2 is 1.55 bits per heavy atom. The van der Waals surface area contributed by atoms with E-state index in [9.17, 15) is 9.90 Å². The third kappa shape index (κ3) is 4.02. The van der Waals surface area contributed by atoms with E-state index in [2.05, 4.69) is 31.9 Å². The second kappa shape index (κ2) is 8.94. The average Bonchev–Trinajstić information content (AvgIpc) is 2.97. The van der Waals surface area contributed by atoms with Gasteiger partial charge in [-0.1, -0.05) is 68.9 Å². The summed E-state index contributed by atoms with van der Waals surface area (Å²) in [6.07, 6.45) is 1.40. The number of hydrogen-bond donors (Lipinski definition) is 1. The van der Waals surface area contributed by atoms with Gasteiger partial charge in [-0.05, 0) is 67.1 Å². The predicted octanol–water partition coefficient (Wildman–Crippen LogP) is 7.33. The van der Waals surface area contributed by atoms with Crippen molar-refractivity contribution in [3.05, 3.63) is 92.3 Å². The van der Waals surface area contributed by atoms with Crippen LogP contribution in [0.3, 0.4) is 0 Å². The van der Waals surface area contributed by atoms with Crippen molar-refractivity contribution in [2.24, 2.45) is 0 Å². The first-order chi connectivity index (χ1) is 14.9. The van der Waals surface area contributed by atoms with Crippen LogP contribution < -0.4 is 9.80 Å². The van der Waals surface area contributed by atoms with E-state index in [0.717, 1.165) is 21.1 Å². The van der Waals surface area contributed by atoms with Gasteiger partial charge in [0.05, 0.1) is 6.04 Å². The van der Waals surface area contributed by atoms with Crippen LogP contribution in [0.2, 0.25) is 5.02 Å². The van der Waals surface area contributed by atoms with Gasteiger partial charge in [-0.15, -0.1) is 0 Å². The lowest BCUT2D eigenvalue weighted by molar-refractivity contribution is 0.0290. The van der Waals surface area contributed by atoms with Gasteiger partial charge in [0.15, 0.2) is 5.72 Å². The second-order valence-electron chi connectivity index (χ2n) is 7.48. The molecule has 2 amide bonds. The van der Waals surface area contributed by atoms with Gasteiger partial charge in [0.25, 0.3) is 0 Å². The average molecular weight is 565 g/mol. The van der Waals surface area contributed by atoms with E-state index in [1.807, 2.05) is 61.5 Å². The number of carbonyl (C=O) groups is 1. The quantitative estimate of drug-likeness (QED) is 0.353. The van der Waals surface area contributed by atoms with E-state index in [1.165, 1.54) is 4.90 Å². The molecule has 0 radical (unpaired) electrons. The first kappa shape index (κ1) is 22.3. The number of amides is 2. The van der Waals surface area contributed by atoms with E-state index in [-0.39, 0.29) is 6.03 Å². The van der Waals surface area contributed by atoms with Crippen molar-refractivity contribution in [2.45, 2.75) is 31.5 Å². The van der Waals surface area contributed by atoms with Crippen molar-refractivity contribution in [3.63, 3.8) is 0 Å². The van der Waals surface area contributed by atoms with Gasteiger partial charge in [0.2, 0.25) is 0 Å². The predicted molar refractivity (Wildman–Crippen MR) is 133 cm³/mol. The van der Waals surface area contributed by atoms with Crippen molar-refractivity contribution in [2.75, 3.05) is 9.80 Å². The highest BCUT2D eigenvalue weighted by Gasteiger charge is 2.58. The minimum Gasteiger partial charge on any atom is -0.365 e. The van der Waals surface area contributed by atoms with Crippen LogP contribution in [0.1, 0.15) is 25.3 Å². The van der Waals surface area contributed by atoms with Crippen LogP contribution >= 0.6 is 43.5 Å². The molecule has 1 N–H and O–H groups in total. The summed E-state index contributed by atoms with van der Waals surface area (Å²) in [5.41, 5.74) is 0.316. The van der Waals surface area contributed by atoms with Gasteiger partial charge in [-0.2, -0.15) is 0 Å². The van der Waals surface area contributed by atoms with E-state index < -0.39 is 11.8 Å². The molecular weight excluding hydrogens is 544 g/mol. The standard InChI is InChI=1S/C24H21Br2ClN2O2/c1-2-4-22-24(31,16-5-3-6-19(27)15-16)29(21-13-9-18(26)10-14-21)23(30)28(22)20-11-7-17(25)8-12-20/h3,5-15,22,31H,2,4H2,1H3/t22-,24?/m0/s1. The lowest BCUT2D eigenvalue weighted by Crippen LogP contribution is -2.49. The molecule has 1 saturated heterocycles. The lowest BCUT2D eigenvalue weighted by atomic mass is 9.90. The SMILES string of the molecule is CCC[C@@H]1N(c2ccc(Br)cc2)C(=O)N(c2ccc(Br)cc2)C1(O)c1cccc(Cl)c1. The fourth-order valence-corrected chi connectivity index (χ4v) is 4.87. The van der Waals surface area contributed by atoms with Crippen LogP contribution in [0.15, 0.2) is 81.7 Å². The fraction of sp³-hybridized carbons (Fsp3) is 0.208. The van der Waals surface area contributed by atoms with Crippen molar-refractivity contribution in [1.82, 2.24) is 0 Å². The third-order valence-corrected chi connectivity index (χ3v) is 6.81. The van der Waals surface area contributed by atoms with Gasteiger partial charge < -0.3 is 5.11 Å². The van der Waals surface area contributed by atoms with Crippen molar-refractivity contribution in [3.8, 4) is 0 Å². The molecule has 0 aromatic heterocycles. The van der Waals surface area contributed by atoms with Crippen LogP contribution in [0.4, 0.5) is 16.2 Å². The Morgan fingerprint density at radius 3 is 2.10 bits per heavy atom. The van der Waals surface area contributed by atoms with Crippen LogP contribution in [-0.2, 0) is 5.72 Å². The third-order valence-electron chi connectivity index (χ3n) is 5.52. The number of aliphatic hydroxyl groups is 1. The molecular formula is C24H21Br2ClN2O2. The second-order valence-corrected chi connectivity index (χ2v) is 9.75. The maximum atomic E-state index is 13.9. The summed E-state index contributed by atoms with van der Waals surface area (Å²) in [6, 6.07) is 21.2. The first-order valence-corrected chi connectivity index (χ1v) is 12.0. The summed E-state index contributed by atoms with van der Waals surface area (Å²) in [5, 5.41) is 12.8. The molecule has 3 aromatic rings. The number of nitrogens with zero attached hydrogens (tertiary/aromatic N) is 2. The van der Waals surface area contributed by atoms with Crippen LogP contribution in [0.25, 0.3) is 0 Å². The van der Waals surface area contributed by atoms with Crippen LogP contribution in [0, 0.1) is 0 Å². The Kier molecular flexibility index (Phi) is 6.44. The zero-order chi connectivity index (χ0) is 22.2. The normalized spacial score (nSPS) is 21.1. The summed E-state index contributed by atoms with van der Waals surface area (Å²) >= 11 is 13.2. The van der Waals surface area contributed by atoms with E-state index >= 15 is 0 Å². The Labute approximate surface area is 203 Å². The Morgan fingerprint density at radius 1 is 0.968 bits per heavy atom. The molecule has 31 heavy (non-hydrogen) atoms. The van der Waals surface area contributed by atoms with Crippen molar-refractivity contribution < 1.29 is 9.90 Å². The zero-order valence-corrected chi connectivity index (χ0v) is 20.7. The highest BCUT2D eigenvalue weighted by molar-refractivity contribution is 9.10. The fourth-order valence-electron chi connectivity index (χ4n) is 4.15. The smallest absolute Gasteiger partial charge is 0.332 e. The summed E-state index contributed by atoms with van der Waals surface area (Å²) in [6.45, 7) is 2.05. The first-order valence-electron chi connectivity index (χ1n) is 9.99. The summed E-state index contributed by atoms with van der Waals surface area (Å²) in [7, 11) is 0. The largest absolute Gasteiger partial charge is 0.365 e. The van der Waals surface area contributed by atoms with Crippen molar-refractivity contribution >= 4 is 60.9 Å². The molecule has 4 nitrogen and oxygen atoms in total. The summed E-state index contributed by atoms with van der Waals surface area (Å²) in [5.74, 6) is 0. The molecule has 4 rings (SSSR count). The molecule has 0 aliphatic carbocycles. The number of halogens is 3. The molecule has 3 aromatic carbocycles. The molecule has 0 saturated carbocycles. The number of carbonyl (C=O) groups excluding carboxylic acids is 1. The molecule has 1 aliphatic heterocycles. The summed E-state index contributed by atoms with van der Waals surface area (Å²) in [4.78, 5) is 17.0. The minimum absolute atomic E-state index is 0.287. The number of anilines is 2. The molecule has 1 fully saturated rings. The lowest BCUT2D eigenvalue weighted by Gasteiger charge is -2.37. The molecule has 1 aliphatic rings. The molecule has 0 bridgehead atoms. The zero-order valence-electron chi connectivity index (χ0n) is 16.8. The molecule has 1 heterocycles. The van der Waals surface area contributed by atoms with E-state index in [4.69, 9.17) is 11.6 Å².